The molecule has 1 amide bonds. The molecule has 1 unspecified atom stereocenters. The van der Waals surface area contributed by atoms with Crippen LogP contribution in [-0.2, 0) is 14.3 Å². The van der Waals surface area contributed by atoms with Crippen LogP contribution in [-0.4, -0.2) is 73.1 Å². The molecule has 0 radical (unpaired) electrons. The van der Waals surface area contributed by atoms with Crippen LogP contribution < -0.4 is 4.74 Å². The van der Waals surface area contributed by atoms with Crippen LogP contribution in [0.25, 0.3) is 16.5 Å². The zero-order chi connectivity index (χ0) is 24.5. The van der Waals surface area contributed by atoms with Gasteiger partial charge in [-0.2, -0.15) is 0 Å². The van der Waals surface area contributed by atoms with E-state index in [-0.39, 0.29) is 11.3 Å². The molecule has 0 spiro atoms. The molecule has 2 aliphatic rings. The summed E-state index contributed by atoms with van der Waals surface area (Å²) in [4.78, 5) is 30.1. The van der Waals surface area contributed by atoms with Crippen molar-refractivity contribution in [2.24, 2.45) is 0 Å². The summed E-state index contributed by atoms with van der Waals surface area (Å²) in [5.41, 5.74) is 0.501. The van der Waals surface area contributed by atoms with E-state index in [0.29, 0.717) is 43.4 Å². The van der Waals surface area contributed by atoms with Gasteiger partial charge < -0.3 is 23.9 Å². The van der Waals surface area contributed by atoms with E-state index >= 15 is 0 Å². The highest BCUT2D eigenvalue weighted by Gasteiger charge is 2.47. The molecule has 1 N–H and O–H groups in total. The first-order valence-corrected chi connectivity index (χ1v) is 11.7. The Balaban J connectivity index is 1.54. The summed E-state index contributed by atoms with van der Waals surface area (Å²) in [5.74, 6) is 0.291. The number of morpholine rings is 1. The molecule has 0 aliphatic carbocycles. The topological polar surface area (TPSA) is 92.5 Å². The number of hydrogen-bond donors (Lipinski definition) is 1. The average Bonchev–Trinajstić information content (AvgIpc) is 3.42. The van der Waals surface area contributed by atoms with E-state index in [2.05, 4.69) is 4.90 Å². The highest BCUT2D eigenvalue weighted by molar-refractivity contribution is 6.46. The first kappa shape index (κ1) is 23.1. The number of likely N-dealkylation sites (tertiary alicyclic amines) is 1. The van der Waals surface area contributed by atoms with Gasteiger partial charge in [0.1, 0.15) is 29.1 Å². The van der Waals surface area contributed by atoms with Crippen LogP contribution in [0.5, 0.6) is 5.75 Å². The maximum absolute atomic E-state index is 13.2. The molecule has 0 saturated carbocycles. The molecule has 35 heavy (non-hydrogen) atoms. The summed E-state index contributed by atoms with van der Waals surface area (Å²) in [7, 11) is 1.61. The van der Waals surface area contributed by atoms with E-state index in [4.69, 9.17) is 13.9 Å². The molecule has 8 nitrogen and oxygen atoms in total. The largest absolute Gasteiger partial charge is 0.507 e. The lowest BCUT2D eigenvalue weighted by Gasteiger charge is -2.30. The van der Waals surface area contributed by atoms with Gasteiger partial charge in [-0.15, -0.1) is 0 Å². The Labute approximate surface area is 203 Å². The van der Waals surface area contributed by atoms with Gasteiger partial charge in [-0.3, -0.25) is 14.5 Å². The van der Waals surface area contributed by atoms with E-state index in [9.17, 15) is 14.7 Å². The number of furan rings is 1. The van der Waals surface area contributed by atoms with Gasteiger partial charge in [-0.25, -0.2) is 0 Å². The number of benzene rings is 2. The standard InChI is InChI=1S/C27H28N2O6/c1-17-3-8-22(35-17)24-23(26(31)27(32)29(24)10-9-28-11-13-34-14-12-28)25(30)20-5-4-19-16-21(33-2)7-6-18(19)15-20/h3-8,15-16,24,30H,9-14H2,1-2H3/b25-23+. The smallest absolute Gasteiger partial charge is 0.295 e. The van der Waals surface area contributed by atoms with Crippen molar-refractivity contribution in [2.45, 2.75) is 13.0 Å². The second-order valence-corrected chi connectivity index (χ2v) is 8.82. The highest BCUT2D eigenvalue weighted by Crippen LogP contribution is 2.40. The molecule has 2 saturated heterocycles. The third-order valence-electron chi connectivity index (χ3n) is 6.65. The van der Waals surface area contributed by atoms with Gasteiger partial charge >= 0.3 is 0 Å². The lowest BCUT2D eigenvalue weighted by atomic mass is 9.97. The van der Waals surface area contributed by atoms with E-state index < -0.39 is 17.7 Å². The molecule has 5 rings (SSSR count). The quantitative estimate of drug-likeness (QED) is 0.331. The Morgan fingerprint density at radius 3 is 2.49 bits per heavy atom. The predicted octanol–water partition coefficient (Wildman–Crippen LogP) is 3.50. The number of Topliss-reactive ketones (excluding diaryl/α,β-unsaturated/α-hetero) is 1. The van der Waals surface area contributed by atoms with Crippen LogP contribution in [0, 0.1) is 6.92 Å². The van der Waals surface area contributed by atoms with Crippen LogP contribution in [0.1, 0.15) is 23.1 Å². The van der Waals surface area contributed by atoms with E-state index in [0.717, 1.165) is 29.6 Å². The summed E-state index contributed by atoms with van der Waals surface area (Å²) in [6, 6.07) is 13.8. The number of rotatable bonds is 6. The van der Waals surface area contributed by atoms with Crippen molar-refractivity contribution in [1.29, 1.82) is 0 Å². The fourth-order valence-corrected chi connectivity index (χ4v) is 4.73. The lowest BCUT2D eigenvalue weighted by Crippen LogP contribution is -2.42. The Kier molecular flexibility index (Phi) is 6.32. The molecule has 3 heterocycles. The first-order valence-electron chi connectivity index (χ1n) is 11.7. The second kappa shape index (κ2) is 9.56. The number of nitrogens with zero attached hydrogens (tertiary/aromatic N) is 2. The zero-order valence-electron chi connectivity index (χ0n) is 19.8. The number of ether oxygens (including phenoxy) is 2. The fourth-order valence-electron chi connectivity index (χ4n) is 4.73. The van der Waals surface area contributed by atoms with Gasteiger partial charge in [0.2, 0.25) is 0 Å². The number of aliphatic hydroxyl groups is 1. The molecule has 3 aromatic rings. The summed E-state index contributed by atoms with van der Waals surface area (Å²) in [6.45, 7) is 5.59. The summed E-state index contributed by atoms with van der Waals surface area (Å²) in [5, 5.41) is 13.1. The van der Waals surface area contributed by atoms with Gasteiger partial charge in [0, 0.05) is 31.7 Å². The minimum atomic E-state index is -0.795. The molecular weight excluding hydrogens is 448 g/mol. The number of hydrogen-bond acceptors (Lipinski definition) is 7. The van der Waals surface area contributed by atoms with Crippen molar-refractivity contribution < 1.29 is 28.6 Å². The molecule has 8 heteroatoms. The SMILES string of the molecule is COc1ccc2cc(/C(O)=C3\C(=O)C(=O)N(CCN4CCOCC4)C3c3ccc(C)o3)ccc2c1. The first-order chi connectivity index (χ1) is 17.0. The van der Waals surface area contributed by atoms with Crippen molar-refractivity contribution in [3.05, 3.63) is 71.2 Å². The molecule has 2 aromatic carbocycles. The average molecular weight is 477 g/mol. The van der Waals surface area contributed by atoms with Crippen LogP contribution >= 0.6 is 0 Å². The van der Waals surface area contributed by atoms with Crippen molar-refractivity contribution in [2.75, 3.05) is 46.5 Å². The normalized spacial score (nSPS) is 20.6. The van der Waals surface area contributed by atoms with Crippen LogP contribution in [0.4, 0.5) is 0 Å². The Morgan fingerprint density at radius 2 is 1.77 bits per heavy atom. The summed E-state index contributed by atoms with van der Waals surface area (Å²) in [6.07, 6.45) is 0. The van der Waals surface area contributed by atoms with Crippen LogP contribution in [0.2, 0.25) is 0 Å². The summed E-state index contributed by atoms with van der Waals surface area (Å²) >= 11 is 0. The summed E-state index contributed by atoms with van der Waals surface area (Å²) < 4.78 is 16.5. The van der Waals surface area contributed by atoms with Gasteiger partial charge in [-0.1, -0.05) is 18.2 Å². The Bertz CT molecular complexity index is 1300. The molecule has 182 valence electrons. The van der Waals surface area contributed by atoms with Crippen LogP contribution in [0.15, 0.2) is 58.5 Å². The highest BCUT2D eigenvalue weighted by atomic mass is 16.5. The predicted molar refractivity (Wildman–Crippen MR) is 130 cm³/mol. The van der Waals surface area contributed by atoms with Crippen molar-refractivity contribution in [3.63, 3.8) is 0 Å². The Hall–Kier alpha value is -3.62. The molecule has 1 atom stereocenters. The van der Waals surface area contributed by atoms with E-state index in [1.54, 1.807) is 38.3 Å². The number of methoxy groups -OCH3 is 1. The monoisotopic (exact) mass is 476 g/mol. The van der Waals surface area contributed by atoms with Gasteiger partial charge in [0.05, 0.1) is 25.9 Å². The van der Waals surface area contributed by atoms with Gasteiger partial charge in [0.25, 0.3) is 11.7 Å². The number of aryl methyl sites for hydroxylation is 1. The maximum atomic E-state index is 13.2. The van der Waals surface area contributed by atoms with E-state index in [1.165, 1.54) is 4.90 Å². The van der Waals surface area contributed by atoms with Crippen molar-refractivity contribution in [1.82, 2.24) is 9.80 Å². The Morgan fingerprint density at radius 1 is 1.03 bits per heavy atom. The van der Waals surface area contributed by atoms with Gasteiger partial charge in [0.15, 0.2) is 0 Å². The number of carbonyl (C=O) groups excluding carboxylic acids is 2. The van der Waals surface area contributed by atoms with Crippen molar-refractivity contribution >= 4 is 28.2 Å². The van der Waals surface area contributed by atoms with Crippen molar-refractivity contribution in [3.8, 4) is 5.75 Å². The molecule has 1 aromatic heterocycles. The van der Waals surface area contributed by atoms with Gasteiger partial charge in [-0.05, 0) is 48.0 Å². The second-order valence-electron chi connectivity index (χ2n) is 8.82. The number of ketones is 1. The van der Waals surface area contributed by atoms with Crippen LogP contribution in [0.3, 0.4) is 0 Å². The number of carbonyl (C=O) groups is 2. The molecular formula is C27H28N2O6. The number of aliphatic hydroxyl groups excluding tert-OH is 1. The molecule has 2 fully saturated rings. The minimum absolute atomic E-state index is 0.0409. The minimum Gasteiger partial charge on any atom is -0.507 e. The third-order valence-corrected chi connectivity index (χ3v) is 6.65. The number of fused-ring (bicyclic) bond motifs is 1. The lowest BCUT2D eigenvalue weighted by molar-refractivity contribution is -0.140. The zero-order valence-corrected chi connectivity index (χ0v) is 19.8. The fraction of sp³-hybridized carbons (Fsp3) is 0.333. The van der Waals surface area contributed by atoms with E-state index in [1.807, 2.05) is 24.3 Å². The molecule has 2 aliphatic heterocycles. The molecule has 0 bridgehead atoms. The number of amides is 1. The maximum Gasteiger partial charge on any atom is 0.295 e. The third kappa shape index (κ3) is 4.42.